The van der Waals surface area contributed by atoms with Crippen molar-refractivity contribution >= 4 is 0 Å². The Morgan fingerprint density at radius 3 is 0.944 bits per heavy atom. The molecule has 0 bridgehead atoms. The van der Waals surface area contributed by atoms with E-state index in [-0.39, 0.29) is 0 Å². The minimum atomic E-state index is -0.429. The van der Waals surface area contributed by atoms with E-state index in [0.29, 0.717) is 26.4 Å². The normalized spacial score (nSPS) is 22.0. The smallest absolute Gasteiger partial charge is 0.168 e. The summed E-state index contributed by atoms with van der Waals surface area (Å²) in [6.45, 7) is 10.7. The van der Waals surface area contributed by atoms with Gasteiger partial charge in [-0.1, -0.05) is 0 Å². The van der Waals surface area contributed by atoms with E-state index in [1.165, 1.54) is 0 Å². The van der Waals surface area contributed by atoms with Crippen molar-refractivity contribution < 1.29 is 18.9 Å². The fourth-order valence-corrected chi connectivity index (χ4v) is 2.72. The van der Waals surface area contributed by atoms with Gasteiger partial charge >= 0.3 is 0 Å². The van der Waals surface area contributed by atoms with Crippen LogP contribution in [-0.4, -0.2) is 38.0 Å². The third-order valence-corrected chi connectivity index (χ3v) is 3.40. The van der Waals surface area contributed by atoms with E-state index in [4.69, 9.17) is 18.9 Å². The molecule has 0 spiro atoms. The maximum Gasteiger partial charge on any atom is 0.168 e. The zero-order valence-electron chi connectivity index (χ0n) is 12.3. The lowest BCUT2D eigenvalue weighted by molar-refractivity contribution is -0.312. The topological polar surface area (TPSA) is 36.9 Å². The van der Waals surface area contributed by atoms with Crippen molar-refractivity contribution in [3.63, 3.8) is 0 Å². The second-order valence-electron chi connectivity index (χ2n) is 4.55. The maximum absolute atomic E-state index is 5.83. The number of ether oxygens (including phenoxy) is 4. The van der Waals surface area contributed by atoms with Crippen LogP contribution < -0.4 is 0 Å². The van der Waals surface area contributed by atoms with Crippen LogP contribution in [0.4, 0.5) is 0 Å². The summed E-state index contributed by atoms with van der Waals surface area (Å²) in [5.74, 6) is -0.859. The van der Waals surface area contributed by atoms with E-state index >= 15 is 0 Å². The molecule has 1 fully saturated rings. The van der Waals surface area contributed by atoms with E-state index in [2.05, 4.69) is 0 Å². The highest BCUT2D eigenvalue weighted by atomic mass is 16.7. The van der Waals surface area contributed by atoms with Gasteiger partial charge in [-0.3, -0.25) is 0 Å². The minimum Gasteiger partial charge on any atom is -0.350 e. The summed E-state index contributed by atoms with van der Waals surface area (Å²) < 4.78 is 23.3. The summed E-state index contributed by atoms with van der Waals surface area (Å²) in [6, 6.07) is 0. The van der Waals surface area contributed by atoms with Gasteiger partial charge in [0.05, 0.1) is 0 Å². The van der Waals surface area contributed by atoms with Gasteiger partial charge in [-0.15, -0.1) is 0 Å². The standard InChI is InChI=1S/C14H28O4/c1-5-15-13(16-6-2)9-11-14(12-10-13,17-7-3)18-8-4/h5-12H2,1-4H3. The Morgan fingerprint density at radius 1 is 0.556 bits per heavy atom. The second-order valence-corrected chi connectivity index (χ2v) is 4.55. The van der Waals surface area contributed by atoms with Gasteiger partial charge < -0.3 is 18.9 Å². The van der Waals surface area contributed by atoms with Gasteiger partial charge in [-0.2, -0.15) is 0 Å². The third kappa shape index (κ3) is 3.92. The first-order valence-electron chi connectivity index (χ1n) is 7.21. The molecule has 4 heteroatoms. The summed E-state index contributed by atoms with van der Waals surface area (Å²) in [5, 5.41) is 0. The molecule has 1 rings (SSSR count). The molecule has 0 aromatic rings. The molecule has 0 aromatic heterocycles. The highest BCUT2D eigenvalue weighted by molar-refractivity contribution is 4.86. The summed E-state index contributed by atoms with van der Waals surface area (Å²) in [4.78, 5) is 0. The zero-order chi connectivity index (χ0) is 13.5. The maximum atomic E-state index is 5.83. The van der Waals surface area contributed by atoms with Crippen LogP contribution in [0.25, 0.3) is 0 Å². The molecule has 0 amide bonds. The van der Waals surface area contributed by atoms with E-state index in [1.54, 1.807) is 0 Å². The van der Waals surface area contributed by atoms with E-state index in [1.807, 2.05) is 27.7 Å². The summed E-state index contributed by atoms with van der Waals surface area (Å²) in [5.41, 5.74) is 0. The van der Waals surface area contributed by atoms with Crippen LogP contribution in [0.2, 0.25) is 0 Å². The summed E-state index contributed by atoms with van der Waals surface area (Å²) >= 11 is 0. The predicted molar refractivity (Wildman–Crippen MR) is 70.4 cm³/mol. The number of hydrogen-bond donors (Lipinski definition) is 0. The molecular formula is C14H28O4. The van der Waals surface area contributed by atoms with Crippen molar-refractivity contribution in [2.45, 2.75) is 65.0 Å². The lowest BCUT2D eigenvalue weighted by Crippen LogP contribution is -2.49. The quantitative estimate of drug-likeness (QED) is 0.628. The molecular weight excluding hydrogens is 232 g/mol. The Hall–Kier alpha value is -0.160. The van der Waals surface area contributed by atoms with Crippen molar-refractivity contribution in [1.29, 1.82) is 0 Å². The van der Waals surface area contributed by atoms with E-state index in [9.17, 15) is 0 Å². The Kier molecular flexibility index (Phi) is 6.57. The first-order valence-corrected chi connectivity index (χ1v) is 7.21. The van der Waals surface area contributed by atoms with Crippen molar-refractivity contribution in [2.24, 2.45) is 0 Å². The lowest BCUT2D eigenvalue weighted by Gasteiger charge is -2.45. The molecule has 0 N–H and O–H groups in total. The SMILES string of the molecule is CCOC1(OCC)CCC(OCC)(OCC)CC1. The van der Waals surface area contributed by atoms with Crippen LogP contribution in [0.1, 0.15) is 53.4 Å². The fraction of sp³-hybridized carbons (Fsp3) is 1.00. The Morgan fingerprint density at radius 2 is 0.778 bits per heavy atom. The fourth-order valence-electron chi connectivity index (χ4n) is 2.72. The van der Waals surface area contributed by atoms with Gasteiger partial charge in [0, 0.05) is 52.1 Å². The largest absolute Gasteiger partial charge is 0.350 e. The molecule has 4 nitrogen and oxygen atoms in total. The van der Waals surface area contributed by atoms with Crippen LogP contribution in [0.15, 0.2) is 0 Å². The van der Waals surface area contributed by atoms with Crippen LogP contribution in [0.3, 0.4) is 0 Å². The average Bonchev–Trinajstić information content (AvgIpc) is 2.35. The number of rotatable bonds is 8. The van der Waals surface area contributed by atoms with Gasteiger partial charge in [-0.25, -0.2) is 0 Å². The van der Waals surface area contributed by atoms with E-state index < -0.39 is 11.6 Å². The van der Waals surface area contributed by atoms with Gasteiger partial charge in [0.25, 0.3) is 0 Å². The van der Waals surface area contributed by atoms with Crippen molar-refractivity contribution in [3.05, 3.63) is 0 Å². The average molecular weight is 260 g/mol. The Balaban J connectivity index is 2.64. The van der Waals surface area contributed by atoms with Crippen LogP contribution >= 0.6 is 0 Å². The first kappa shape index (κ1) is 15.9. The zero-order valence-corrected chi connectivity index (χ0v) is 12.3. The monoisotopic (exact) mass is 260 g/mol. The highest BCUT2D eigenvalue weighted by Crippen LogP contribution is 2.40. The first-order chi connectivity index (χ1) is 8.66. The molecule has 0 unspecified atom stereocenters. The molecule has 0 aromatic carbocycles. The molecule has 0 atom stereocenters. The van der Waals surface area contributed by atoms with Crippen LogP contribution in [0.5, 0.6) is 0 Å². The van der Waals surface area contributed by atoms with Gasteiger partial charge in [-0.05, 0) is 27.7 Å². The van der Waals surface area contributed by atoms with Crippen LogP contribution in [-0.2, 0) is 18.9 Å². The molecule has 0 aliphatic heterocycles. The highest BCUT2D eigenvalue weighted by Gasteiger charge is 2.45. The minimum absolute atomic E-state index is 0.429. The van der Waals surface area contributed by atoms with Gasteiger partial charge in [0.2, 0.25) is 0 Å². The molecule has 0 saturated heterocycles. The van der Waals surface area contributed by atoms with Gasteiger partial charge in [0.1, 0.15) is 0 Å². The van der Waals surface area contributed by atoms with Crippen molar-refractivity contribution in [3.8, 4) is 0 Å². The molecule has 18 heavy (non-hydrogen) atoms. The van der Waals surface area contributed by atoms with E-state index in [0.717, 1.165) is 25.7 Å². The third-order valence-electron chi connectivity index (χ3n) is 3.40. The molecule has 1 aliphatic carbocycles. The molecule has 1 aliphatic rings. The molecule has 1 saturated carbocycles. The molecule has 0 radical (unpaired) electrons. The Bertz CT molecular complexity index is 182. The number of hydrogen-bond acceptors (Lipinski definition) is 4. The van der Waals surface area contributed by atoms with Crippen LogP contribution in [0, 0.1) is 0 Å². The molecule has 0 heterocycles. The summed E-state index contributed by atoms with van der Waals surface area (Å²) in [7, 11) is 0. The van der Waals surface area contributed by atoms with Crippen molar-refractivity contribution in [1.82, 2.24) is 0 Å². The molecule has 108 valence electrons. The predicted octanol–water partition coefficient (Wildman–Crippen LogP) is 3.10. The second kappa shape index (κ2) is 7.43. The summed E-state index contributed by atoms with van der Waals surface area (Å²) in [6.07, 6.45) is 3.31. The Labute approximate surface area is 111 Å². The van der Waals surface area contributed by atoms with Crippen molar-refractivity contribution in [2.75, 3.05) is 26.4 Å². The lowest BCUT2D eigenvalue weighted by atomic mass is 9.88. The van der Waals surface area contributed by atoms with Gasteiger partial charge in [0.15, 0.2) is 11.6 Å².